The second-order valence-corrected chi connectivity index (χ2v) is 6.88. The Kier molecular flexibility index (Phi) is 6.13. The molecule has 1 heterocycles. The molecule has 0 amide bonds. The molecule has 0 bridgehead atoms. The molecule has 0 unspecified atom stereocenters. The van der Waals surface area contributed by atoms with Gasteiger partial charge in [0.1, 0.15) is 17.7 Å². The van der Waals surface area contributed by atoms with Crippen LogP contribution in [0.5, 0.6) is 0 Å². The van der Waals surface area contributed by atoms with Gasteiger partial charge in [-0.15, -0.1) is 0 Å². The quantitative estimate of drug-likeness (QED) is 0.236. The average Bonchev–Trinajstić information content (AvgIpc) is 3.07. The van der Waals surface area contributed by atoms with Crippen molar-refractivity contribution in [1.29, 1.82) is 0 Å². The number of carbonyl (C=O) groups is 1. The summed E-state index contributed by atoms with van der Waals surface area (Å²) < 4.78 is 15.4. The highest BCUT2D eigenvalue weighted by Gasteiger charge is 2.18. The van der Waals surface area contributed by atoms with Crippen molar-refractivity contribution in [1.82, 2.24) is 9.55 Å². The van der Waals surface area contributed by atoms with E-state index in [-0.39, 0.29) is 17.9 Å². The highest BCUT2D eigenvalue weighted by Crippen LogP contribution is 2.16. The van der Waals surface area contributed by atoms with E-state index in [4.69, 9.17) is 4.84 Å². The maximum atomic E-state index is 13.0. The smallest absolute Gasteiger partial charge is 0.358 e. The summed E-state index contributed by atoms with van der Waals surface area (Å²) in [4.78, 5) is 31.5. The summed E-state index contributed by atoms with van der Waals surface area (Å²) in [5.74, 6) is -1.11. The zero-order valence-electron chi connectivity index (χ0n) is 15.1. The molecule has 0 aliphatic heterocycles. The molecule has 3 aromatic rings. The number of halogens is 2. The van der Waals surface area contributed by atoms with Gasteiger partial charge in [0.25, 0.3) is 0 Å². The number of hydrogen-bond donors (Lipinski definition) is 0. The van der Waals surface area contributed by atoms with Gasteiger partial charge in [0, 0.05) is 17.0 Å². The van der Waals surface area contributed by atoms with Gasteiger partial charge in [0.05, 0.1) is 12.1 Å². The molecular formula is C19H14BrFN4O4. The van der Waals surface area contributed by atoms with Crippen LogP contribution < -0.4 is 0 Å². The monoisotopic (exact) mass is 460 g/mol. The number of carbonyl (C=O) groups excluding carboxylic acids is 1. The van der Waals surface area contributed by atoms with Crippen molar-refractivity contribution in [2.75, 3.05) is 0 Å². The summed E-state index contributed by atoms with van der Waals surface area (Å²) in [6.07, 6.45) is 1.28. The Labute approximate surface area is 172 Å². The number of aryl methyl sites for hydroxylation is 1. The number of nitrogens with zero attached hydrogens (tertiary/aromatic N) is 4. The molecule has 0 saturated heterocycles. The number of oxime groups is 1. The molecule has 29 heavy (non-hydrogen) atoms. The fraction of sp³-hybridized carbons (Fsp3) is 0.105. The fourth-order valence-electron chi connectivity index (χ4n) is 2.45. The third kappa shape index (κ3) is 5.11. The topological polar surface area (TPSA) is 99.6 Å². The van der Waals surface area contributed by atoms with Crippen molar-refractivity contribution in [2.45, 2.75) is 13.5 Å². The zero-order valence-corrected chi connectivity index (χ0v) is 16.7. The third-order valence-corrected chi connectivity index (χ3v) is 4.50. The van der Waals surface area contributed by atoms with Crippen molar-refractivity contribution in [3.05, 3.63) is 92.1 Å². The van der Waals surface area contributed by atoms with E-state index in [9.17, 15) is 19.3 Å². The van der Waals surface area contributed by atoms with Crippen LogP contribution in [0.25, 0.3) is 0 Å². The van der Waals surface area contributed by atoms with Crippen LogP contribution in [0.3, 0.4) is 0 Å². The second kappa shape index (κ2) is 8.74. The molecule has 0 aliphatic carbocycles. The van der Waals surface area contributed by atoms with Gasteiger partial charge in [-0.2, -0.15) is 0 Å². The Hall–Kier alpha value is -3.40. The number of nitro groups is 1. The molecular weight excluding hydrogens is 447 g/mol. The predicted octanol–water partition coefficient (Wildman–Crippen LogP) is 4.26. The van der Waals surface area contributed by atoms with E-state index in [0.29, 0.717) is 17.1 Å². The SMILES string of the molecule is Cc1nc([N+](=O)[O-])cn1C/C(=N/OC(=O)c1ccc(F)cc1)c1ccc(Br)cc1. The number of benzene rings is 2. The van der Waals surface area contributed by atoms with Crippen LogP contribution in [-0.4, -0.2) is 26.2 Å². The predicted molar refractivity (Wildman–Crippen MR) is 106 cm³/mol. The zero-order chi connectivity index (χ0) is 21.0. The Morgan fingerprint density at radius 3 is 2.41 bits per heavy atom. The number of imidazole rings is 1. The van der Waals surface area contributed by atoms with Crippen LogP contribution in [-0.2, 0) is 11.4 Å². The highest BCUT2D eigenvalue weighted by atomic mass is 79.9. The summed E-state index contributed by atoms with van der Waals surface area (Å²) in [5, 5.41) is 14.9. The normalized spacial score (nSPS) is 11.3. The van der Waals surface area contributed by atoms with Crippen molar-refractivity contribution in [3.63, 3.8) is 0 Å². The van der Waals surface area contributed by atoms with Gasteiger partial charge < -0.3 is 19.5 Å². The maximum Gasteiger partial charge on any atom is 0.381 e. The molecule has 0 saturated carbocycles. The second-order valence-electron chi connectivity index (χ2n) is 5.96. The number of aromatic nitrogens is 2. The van der Waals surface area contributed by atoms with E-state index < -0.39 is 16.7 Å². The minimum atomic E-state index is -0.757. The first kappa shape index (κ1) is 20.3. The molecule has 8 nitrogen and oxygen atoms in total. The molecule has 148 valence electrons. The van der Waals surface area contributed by atoms with Gasteiger partial charge in [-0.05, 0) is 46.3 Å². The fourth-order valence-corrected chi connectivity index (χ4v) is 2.72. The molecule has 3 rings (SSSR count). The lowest BCUT2D eigenvalue weighted by atomic mass is 10.1. The van der Waals surface area contributed by atoms with Gasteiger partial charge in [0.2, 0.25) is 5.82 Å². The summed E-state index contributed by atoms with van der Waals surface area (Å²) >= 11 is 3.34. The average molecular weight is 461 g/mol. The first-order chi connectivity index (χ1) is 13.8. The third-order valence-electron chi connectivity index (χ3n) is 3.97. The largest absolute Gasteiger partial charge is 0.381 e. The molecule has 0 aliphatic rings. The summed E-state index contributed by atoms with van der Waals surface area (Å²) in [5.41, 5.74) is 1.14. The Balaban J connectivity index is 1.89. The van der Waals surface area contributed by atoms with Crippen molar-refractivity contribution in [2.24, 2.45) is 5.16 Å². The molecule has 0 spiro atoms. The Bertz CT molecular complexity index is 1080. The van der Waals surface area contributed by atoms with Crippen LogP contribution in [0.1, 0.15) is 21.7 Å². The van der Waals surface area contributed by atoms with Crippen LogP contribution in [0, 0.1) is 22.9 Å². The van der Waals surface area contributed by atoms with Crippen LogP contribution >= 0.6 is 15.9 Å². The van der Waals surface area contributed by atoms with Crippen LogP contribution in [0.2, 0.25) is 0 Å². The van der Waals surface area contributed by atoms with E-state index in [1.54, 1.807) is 31.2 Å². The van der Waals surface area contributed by atoms with E-state index in [0.717, 1.165) is 16.6 Å². The number of hydrogen-bond acceptors (Lipinski definition) is 6. The van der Waals surface area contributed by atoms with E-state index in [1.807, 2.05) is 0 Å². The first-order valence-corrected chi connectivity index (χ1v) is 9.10. The highest BCUT2D eigenvalue weighted by molar-refractivity contribution is 9.10. The van der Waals surface area contributed by atoms with E-state index in [1.165, 1.54) is 22.9 Å². The first-order valence-electron chi connectivity index (χ1n) is 8.31. The molecule has 2 aromatic carbocycles. The minimum absolute atomic E-state index is 0.0883. The van der Waals surface area contributed by atoms with Gasteiger partial charge in [-0.25, -0.2) is 9.18 Å². The van der Waals surface area contributed by atoms with E-state index in [2.05, 4.69) is 26.1 Å². The molecule has 0 atom stereocenters. The van der Waals surface area contributed by atoms with Gasteiger partial charge in [-0.3, -0.25) is 0 Å². The van der Waals surface area contributed by atoms with E-state index >= 15 is 0 Å². The lowest BCUT2D eigenvalue weighted by molar-refractivity contribution is -0.389. The minimum Gasteiger partial charge on any atom is -0.358 e. The van der Waals surface area contributed by atoms with Crippen molar-refractivity contribution >= 4 is 33.4 Å². The Morgan fingerprint density at radius 2 is 1.83 bits per heavy atom. The van der Waals surface area contributed by atoms with Gasteiger partial charge in [-0.1, -0.05) is 33.2 Å². The summed E-state index contributed by atoms with van der Waals surface area (Å²) in [6.45, 7) is 1.71. The van der Waals surface area contributed by atoms with Gasteiger partial charge >= 0.3 is 11.8 Å². The standard InChI is InChI=1S/C19H14BrFN4O4/c1-12-22-18(25(27)28)11-24(12)10-17(13-2-6-15(20)7-3-13)23-29-19(26)14-4-8-16(21)9-5-14/h2-9,11H,10H2,1H3/b23-17-. The van der Waals surface area contributed by atoms with Crippen molar-refractivity contribution < 1.29 is 18.9 Å². The van der Waals surface area contributed by atoms with Crippen LogP contribution in [0.15, 0.2) is 64.4 Å². The summed E-state index contributed by atoms with van der Waals surface area (Å²) in [6, 6.07) is 12.0. The molecule has 0 fully saturated rings. The Morgan fingerprint density at radius 1 is 1.21 bits per heavy atom. The number of rotatable bonds is 6. The molecule has 0 N–H and O–H groups in total. The maximum absolute atomic E-state index is 13.0. The van der Waals surface area contributed by atoms with Crippen molar-refractivity contribution in [3.8, 4) is 0 Å². The van der Waals surface area contributed by atoms with Gasteiger partial charge in [0.15, 0.2) is 0 Å². The molecule has 1 aromatic heterocycles. The lowest BCUT2D eigenvalue weighted by Gasteiger charge is -2.08. The molecule has 10 heteroatoms. The van der Waals surface area contributed by atoms with Crippen LogP contribution in [0.4, 0.5) is 10.2 Å². The molecule has 0 radical (unpaired) electrons. The lowest BCUT2D eigenvalue weighted by Crippen LogP contribution is -2.14. The summed E-state index contributed by atoms with van der Waals surface area (Å²) in [7, 11) is 0.